The van der Waals surface area contributed by atoms with Gasteiger partial charge in [0.1, 0.15) is 4.99 Å². The molecule has 1 amide bonds. The first-order valence-electron chi connectivity index (χ1n) is 6.60. The second-order valence-corrected chi connectivity index (χ2v) is 5.98. The van der Waals surface area contributed by atoms with Gasteiger partial charge in [0.2, 0.25) is 5.91 Å². The number of hydrogen-bond acceptors (Lipinski definition) is 3. The van der Waals surface area contributed by atoms with Gasteiger partial charge in [-0.3, -0.25) is 4.79 Å². The van der Waals surface area contributed by atoms with Crippen molar-refractivity contribution < 1.29 is 4.79 Å². The Kier molecular flexibility index (Phi) is 4.83. The lowest BCUT2D eigenvalue weighted by Crippen LogP contribution is -2.35. The zero-order chi connectivity index (χ0) is 14.7. The van der Waals surface area contributed by atoms with Gasteiger partial charge in [0.05, 0.1) is 10.7 Å². The van der Waals surface area contributed by atoms with Gasteiger partial charge >= 0.3 is 0 Å². The molecule has 1 saturated heterocycles. The molecule has 1 aliphatic heterocycles. The van der Waals surface area contributed by atoms with Gasteiger partial charge in [-0.1, -0.05) is 23.8 Å². The second kappa shape index (κ2) is 6.41. The van der Waals surface area contributed by atoms with E-state index in [0.29, 0.717) is 22.3 Å². The predicted molar refractivity (Wildman–Crippen MR) is 86.1 cm³/mol. The quantitative estimate of drug-likeness (QED) is 0.835. The first-order chi connectivity index (χ1) is 9.47. The van der Waals surface area contributed by atoms with E-state index in [1.54, 1.807) is 6.07 Å². The van der Waals surface area contributed by atoms with Crippen LogP contribution in [0.15, 0.2) is 18.2 Å². The highest BCUT2D eigenvalue weighted by atomic mass is 35.5. The molecule has 0 atom stereocenters. The summed E-state index contributed by atoms with van der Waals surface area (Å²) in [4.78, 5) is 13.5. The number of thiocarbonyl (C=S) groups is 1. The Labute approximate surface area is 129 Å². The zero-order valence-electron chi connectivity index (χ0n) is 11.1. The van der Waals surface area contributed by atoms with Crippen LogP contribution in [0.5, 0.6) is 0 Å². The van der Waals surface area contributed by atoms with Gasteiger partial charge < -0.3 is 16.4 Å². The van der Waals surface area contributed by atoms with Crippen LogP contribution in [0.4, 0.5) is 5.69 Å². The first-order valence-corrected chi connectivity index (χ1v) is 7.38. The molecule has 0 aromatic heterocycles. The van der Waals surface area contributed by atoms with Gasteiger partial charge in [-0.05, 0) is 37.0 Å². The number of amides is 1. The average Bonchev–Trinajstić information content (AvgIpc) is 2.39. The fourth-order valence-electron chi connectivity index (χ4n) is 2.58. The lowest BCUT2D eigenvalue weighted by molar-refractivity contribution is -0.119. The Balaban J connectivity index is 2.03. The molecule has 1 aliphatic rings. The number of carbonyl (C=O) groups excluding carboxylic acids is 1. The highest BCUT2D eigenvalue weighted by molar-refractivity contribution is 7.80. The maximum absolute atomic E-state index is 10.9. The Hall–Kier alpha value is -1.33. The van der Waals surface area contributed by atoms with E-state index < -0.39 is 0 Å². The standard InChI is InChI=1S/C14H18ClN3OS/c15-11-8-10(14(17)20)1-2-12(11)18-5-3-9(4-6-18)7-13(16)19/h1-2,8-9H,3-7H2,(H2,16,19)(H2,17,20). The molecule has 1 aromatic rings. The summed E-state index contributed by atoms with van der Waals surface area (Å²) < 4.78 is 0. The molecule has 6 heteroatoms. The van der Waals surface area contributed by atoms with Crippen LogP contribution in [0.1, 0.15) is 24.8 Å². The third-order valence-electron chi connectivity index (χ3n) is 3.68. The van der Waals surface area contributed by atoms with Gasteiger partial charge in [0.15, 0.2) is 0 Å². The lowest BCUT2D eigenvalue weighted by atomic mass is 9.93. The molecule has 0 spiro atoms. The molecule has 0 aliphatic carbocycles. The summed E-state index contributed by atoms with van der Waals surface area (Å²) in [6.07, 6.45) is 2.38. The van der Waals surface area contributed by atoms with E-state index in [4.69, 9.17) is 35.3 Å². The minimum Gasteiger partial charge on any atom is -0.389 e. The van der Waals surface area contributed by atoms with Crippen molar-refractivity contribution in [2.45, 2.75) is 19.3 Å². The molecule has 4 nitrogen and oxygen atoms in total. The molecule has 2 rings (SSSR count). The molecule has 0 unspecified atom stereocenters. The van der Waals surface area contributed by atoms with E-state index in [9.17, 15) is 4.79 Å². The van der Waals surface area contributed by atoms with Crippen LogP contribution < -0.4 is 16.4 Å². The van der Waals surface area contributed by atoms with Gasteiger partial charge in [0, 0.05) is 25.1 Å². The smallest absolute Gasteiger partial charge is 0.217 e. The van der Waals surface area contributed by atoms with Crippen LogP contribution in [0.25, 0.3) is 0 Å². The number of primary amides is 1. The number of benzene rings is 1. The predicted octanol–water partition coefficient (Wildman–Crippen LogP) is 2.07. The summed E-state index contributed by atoms with van der Waals surface area (Å²) in [5, 5.41) is 0.656. The minimum absolute atomic E-state index is 0.220. The van der Waals surface area contributed by atoms with Crippen molar-refractivity contribution >= 4 is 40.4 Å². The number of anilines is 1. The topological polar surface area (TPSA) is 72.4 Å². The van der Waals surface area contributed by atoms with Crippen molar-refractivity contribution in [2.75, 3.05) is 18.0 Å². The third-order valence-corrected chi connectivity index (χ3v) is 4.22. The summed E-state index contributed by atoms with van der Waals surface area (Å²) in [5.41, 5.74) is 12.6. The van der Waals surface area contributed by atoms with Crippen molar-refractivity contribution in [3.8, 4) is 0 Å². The highest BCUT2D eigenvalue weighted by Gasteiger charge is 2.22. The fraction of sp³-hybridized carbons (Fsp3) is 0.429. The second-order valence-electron chi connectivity index (χ2n) is 5.13. The molecule has 1 aromatic carbocycles. The van der Waals surface area contributed by atoms with Crippen LogP contribution in [0.2, 0.25) is 5.02 Å². The van der Waals surface area contributed by atoms with Crippen LogP contribution in [-0.4, -0.2) is 24.0 Å². The number of rotatable bonds is 4. The van der Waals surface area contributed by atoms with Crippen LogP contribution in [0.3, 0.4) is 0 Å². The molecule has 0 bridgehead atoms. The van der Waals surface area contributed by atoms with Crippen molar-refractivity contribution in [3.63, 3.8) is 0 Å². The summed E-state index contributed by atoms with van der Waals surface area (Å²) >= 11 is 11.2. The number of nitrogens with zero attached hydrogens (tertiary/aromatic N) is 1. The number of carbonyl (C=O) groups is 1. The normalized spacial score (nSPS) is 16.1. The Morgan fingerprint density at radius 2 is 2.00 bits per heavy atom. The van der Waals surface area contributed by atoms with E-state index in [-0.39, 0.29) is 5.91 Å². The van der Waals surface area contributed by atoms with Gasteiger partial charge in [-0.15, -0.1) is 0 Å². The number of piperidine rings is 1. The van der Waals surface area contributed by atoms with Crippen molar-refractivity contribution in [1.82, 2.24) is 0 Å². The largest absolute Gasteiger partial charge is 0.389 e. The molecule has 0 radical (unpaired) electrons. The van der Waals surface area contributed by atoms with Crippen molar-refractivity contribution in [3.05, 3.63) is 28.8 Å². The molecule has 1 heterocycles. The Morgan fingerprint density at radius 1 is 1.35 bits per heavy atom. The number of nitrogens with two attached hydrogens (primary N) is 2. The molecule has 20 heavy (non-hydrogen) atoms. The minimum atomic E-state index is -0.220. The molecule has 1 fully saturated rings. The van der Waals surface area contributed by atoms with Gasteiger partial charge in [-0.2, -0.15) is 0 Å². The summed E-state index contributed by atoms with van der Waals surface area (Å²) in [6, 6.07) is 5.64. The Bertz CT molecular complexity index is 527. The zero-order valence-corrected chi connectivity index (χ0v) is 12.7. The van der Waals surface area contributed by atoms with E-state index in [1.165, 1.54) is 0 Å². The number of hydrogen-bond donors (Lipinski definition) is 2. The maximum Gasteiger partial charge on any atom is 0.217 e. The SMILES string of the molecule is NC(=O)CC1CCN(c2ccc(C(N)=S)cc2Cl)CC1. The van der Waals surface area contributed by atoms with E-state index in [2.05, 4.69) is 4.90 Å². The lowest BCUT2D eigenvalue weighted by Gasteiger charge is -2.33. The third kappa shape index (κ3) is 3.61. The van der Waals surface area contributed by atoms with Gasteiger partial charge in [-0.25, -0.2) is 0 Å². The molecule has 108 valence electrons. The van der Waals surface area contributed by atoms with Crippen molar-refractivity contribution in [2.24, 2.45) is 17.4 Å². The van der Waals surface area contributed by atoms with Gasteiger partial charge in [0.25, 0.3) is 0 Å². The van der Waals surface area contributed by atoms with E-state index >= 15 is 0 Å². The average molecular weight is 312 g/mol. The van der Waals surface area contributed by atoms with Crippen molar-refractivity contribution in [1.29, 1.82) is 0 Å². The van der Waals surface area contributed by atoms with E-state index in [1.807, 2.05) is 12.1 Å². The molecular formula is C14H18ClN3OS. The summed E-state index contributed by atoms with van der Waals surface area (Å²) in [5.74, 6) is 0.167. The van der Waals surface area contributed by atoms with Crippen LogP contribution in [-0.2, 0) is 4.79 Å². The first kappa shape index (κ1) is 15.1. The maximum atomic E-state index is 10.9. The Morgan fingerprint density at radius 3 is 2.50 bits per heavy atom. The van der Waals surface area contributed by atoms with E-state index in [0.717, 1.165) is 37.2 Å². The monoisotopic (exact) mass is 311 g/mol. The molecule has 4 N–H and O–H groups in total. The molecular weight excluding hydrogens is 294 g/mol. The summed E-state index contributed by atoms with van der Waals surface area (Å²) in [7, 11) is 0. The fourth-order valence-corrected chi connectivity index (χ4v) is 3.01. The molecule has 0 saturated carbocycles. The summed E-state index contributed by atoms with van der Waals surface area (Å²) in [6.45, 7) is 1.76. The van der Waals surface area contributed by atoms with Crippen LogP contribution >= 0.6 is 23.8 Å². The number of halogens is 1. The highest BCUT2D eigenvalue weighted by Crippen LogP contribution is 2.31. The van der Waals surface area contributed by atoms with Crippen LogP contribution in [0, 0.1) is 5.92 Å².